The van der Waals surface area contributed by atoms with Crippen molar-refractivity contribution in [1.82, 2.24) is 9.55 Å². The second kappa shape index (κ2) is 6.58. The molecular formula is C17H19N3O2S. The summed E-state index contributed by atoms with van der Waals surface area (Å²) in [5.74, 6) is 1.15. The largest absolute Gasteiger partial charge is 0.312 e. The van der Waals surface area contributed by atoms with Crippen molar-refractivity contribution in [2.45, 2.75) is 30.8 Å². The maximum absolute atomic E-state index is 12.6. The van der Waals surface area contributed by atoms with Gasteiger partial charge in [0.1, 0.15) is 5.82 Å². The van der Waals surface area contributed by atoms with Gasteiger partial charge < -0.3 is 9.88 Å². The lowest BCUT2D eigenvalue weighted by Crippen LogP contribution is -2.33. The Hall–Kier alpha value is -2.08. The van der Waals surface area contributed by atoms with Gasteiger partial charge in [0, 0.05) is 25.1 Å². The van der Waals surface area contributed by atoms with Crippen LogP contribution in [-0.4, -0.2) is 21.2 Å². The minimum Gasteiger partial charge on any atom is -0.312 e. The number of rotatable bonds is 4. The summed E-state index contributed by atoms with van der Waals surface area (Å²) in [7, 11) is 1.84. The van der Waals surface area contributed by atoms with Crippen molar-refractivity contribution in [3.63, 3.8) is 0 Å². The third-order valence-electron chi connectivity index (χ3n) is 3.94. The maximum Gasteiger partial charge on any atom is 0.279 e. The molecule has 0 bridgehead atoms. The van der Waals surface area contributed by atoms with Crippen LogP contribution in [0.5, 0.6) is 0 Å². The van der Waals surface area contributed by atoms with Crippen molar-refractivity contribution >= 4 is 23.5 Å². The highest BCUT2D eigenvalue weighted by Gasteiger charge is 2.31. The van der Waals surface area contributed by atoms with E-state index in [2.05, 4.69) is 17.2 Å². The summed E-state index contributed by atoms with van der Waals surface area (Å²) >= 11 is 1.53. The molecule has 1 aromatic heterocycles. The Labute approximate surface area is 139 Å². The van der Waals surface area contributed by atoms with E-state index in [0.717, 1.165) is 17.7 Å². The van der Waals surface area contributed by atoms with E-state index < -0.39 is 0 Å². The van der Waals surface area contributed by atoms with Gasteiger partial charge in [0.15, 0.2) is 5.16 Å². The normalized spacial score (nSPS) is 16.8. The van der Waals surface area contributed by atoms with Gasteiger partial charge in [-0.25, -0.2) is 0 Å². The van der Waals surface area contributed by atoms with Gasteiger partial charge in [-0.1, -0.05) is 49.0 Å². The molecule has 120 valence electrons. The van der Waals surface area contributed by atoms with Gasteiger partial charge in [0.2, 0.25) is 5.91 Å². The zero-order chi connectivity index (χ0) is 16.4. The van der Waals surface area contributed by atoms with Gasteiger partial charge in [-0.15, -0.1) is 0 Å². The van der Waals surface area contributed by atoms with E-state index in [1.807, 2.05) is 41.9 Å². The van der Waals surface area contributed by atoms with E-state index >= 15 is 0 Å². The van der Waals surface area contributed by atoms with Crippen LogP contribution < -0.4 is 10.9 Å². The topological polar surface area (TPSA) is 64.0 Å². The number of benzene rings is 1. The Morgan fingerprint density at radius 2 is 2.04 bits per heavy atom. The zero-order valence-electron chi connectivity index (χ0n) is 13.2. The lowest BCUT2D eigenvalue weighted by atomic mass is 9.87. The molecule has 1 atom stereocenters. The quantitative estimate of drug-likeness (QED) is 0.692. The number of aromatic nitrogens is 2. The fourth-order valence-corrected chi connectivity index (χ4v) is 3.65. The minimum atomic E-state index is -0.245. The van der Waals surface area contributed by atoms with Crippen LogP contribution in [0.1, 0.15) is 36.8 Å². The highest BCUT2D eigenvalue weighted by molar-refractivity contribution is 7.99. The van der Waals surface area contributed by atoms with Crippen LogP contribution in [0.25, 0.3) is 0 Å². The van der Waals surface area contributed by atoms with E-state index in [4.69, 9.17) is 0 Å². The number of carbonyl (C=O) groups is 1. The highest BCUT2D eigenvalue weighted by atomic mass is 32.2. The first kappa shape index (κ1) is 15.8. The molecule has 6 heteroatoms. The minimum absolute atomic E-state index is 0.0704. The molecule has 1 aliphatic heterocycles. The Bertz CT molecular complexity index is 786. The first-order valence-electron chi connectivity index (χ1n) is 7.70. The van der Waals surface area contributed by atoms with E-state index in [1.54, 1.807) is 0 Å². The molecule has 3 rings (SSSR count). The van der Waals surface area contributed by atoms with Crippen LogP contribution >= 0.6 is 11.8 Å². The van der Waals surface area contributed by atoms with Gasteiger partial charge in [-0.3, -0.25) is 9.59 Å². The van der Waals surface area contributed by atoms with Gasteiger partial charge in [0.25, 0.3) is 5.56 Å². The summed E-state index contributed by atoms with van der Waals surface area (Å²) in [4.78, 5) is 29.0. The summed E-state index contributed by atoms with van der Waals surface area (Å²) in [6.45, 7) is 2.08. The summed E-state index contributed by atoms with van der Waals surface area (Å²) < 4.78 is 1.82. The molecule has 5 nitrogen and oxygen atoms in total. The van der Waals surface area contributed by atoms with E-state index in [-0.39, 0.29) is 23.8 Å². The van der Waals surface area contributed by atoms with Gasteiger partial charge in [-0.2, -0.15) is 4.98 Å². The van der Waals surface area contributed by atoms with Crippen LogP contribution in [-0.2, 0) is 11.8 Å². The Kier molecular flexibility index (Phi) is 4.52. The van der Waals surface area contributed by atoms with Gasteiger partial charge in [0.05, 0.1) is 5.56 Å². The lowest BCUT2D eigenvalue weighted by Gasteiger charge is -2.27. The first-order valence-corrected chi connectivity index (χ1v) is 8.69. The van der Waals surface area contributed by atoms with E-state index in [9.17, 15) is 9.59 Å². The summed E-state index contributed by atoms with van der Waals surface area (Å²) in [5.41, 5.74) is 1.31. The van der Waals surface area contributed by atoms with Crippen LogP contribution in [0, 0.1) is 0 Å². The second-order valence-electron chi connectivity index (χ2n) is 5.58. The van der Waals surface area contributed by atoms with Crippen molar-refractivity contribution in [2.24, 2.45) is 7.05 Å². The van der Waals surface area contributed by atoms with Crippen LogP contribution in [0.15, 0.2) is 40.3 Å². The lowest BCUT2D eigenvalue weighted by molar-refractivity contribution is -0.116. The third kappa shape index (κ3) is 3.03. The number of nitrogens with zero attached hydrogens (tertiary/aromatic N) is 2. The monoisotopic (exact) mass is 329 g/mol. The number of hydrogen-bond acceptors (Lipinski definition) is 4. The second-order valence-corrected chi connectivity index (χ2v) is 6.65. The number of fused-ring (bicyclic) bond motifs is 1. The molecule has 0 aliphatic carbocycles. The fourth-order valence-electron chi connectivity index (χ4n) is 2.83. The first-order chi connectivity index (χ1) is 11.1. The van der Waals surface area contributed by atoms with Crippen LogP contribution in [0.2, 0.25) is 0 Å². The molecule has 0 fully saturated rings. The molecular weight excluding hydrogens is 310 g/mol. The van der Waals surface area contributed by atoms with Crippen molar-refractivity contribution < 1.29 is 4.79 Å². The predicted octanol–water partition coefficient (Wildman–Crippen LogP) is 2.76. The number of hydrogen-bond donors (Lipinski definition) is 1. The van der Waals surface area contributed by atoms with Crippen molar-refractivity contribution in [3.05, 3.63) is 51.8 Å². The molecule has 1 aliphatic rings. The molecule has 23 heavy (non-hydrogen) atoms. The van der Waals surface area contributed by atoms with Crippen molar-refractivity contribution in [2.75, 3.05) is 11.1 Å². The van der Waals surface area contributed by atoms with Crippen molar-refractivity contribution in [1.29, 1.82) is 0 Å². The Balaban J connectivity index is 2.13. The molecule has 0 saturated heterocycles. The predicted molar refractivity (Wildman–Crippen MR) is 92.0 cm³/mol. The standard InChI is InChI=1S/C17H19N3O2S/c1-3-9-23-17-19-16(22)14-12(11-7-5-4-6-8-11)10-13(21)18-15(14)20(17)2/h4-8,12H,3,9-10H2,1-2H3,(H,18,21)/t12-/m1/s1. The van der Waals surface area contributed by atoms with Crippen LogP contribution in [0.4, 0.5) is 5.82 Å². The zero-order valence-corrected chi connectivity index (χ0v) is 14.0. The smallest absolute Gasteiger partial charge is 0.279 e. The third-order valence-corrected chi connectivity index (χ3v) is 5.17. The van der Waals surface area contributed by atoms with E-state index in [0.29, 0.717) is 16.5 Å². The maximum atomic E-state index is 12.6. The molecule has 0 radical (unpaired) electrons. The fraction of sp³-hybridized carbons (Fsp3) is 0.353. The molecule has 2 heterocycles. The summed E-state index contributed by atoms with van der Waals surface area (Å²) in [6.07, 6.45) is 1.27. The molecule has 1 N–H and O–H groups in total. The van der Waals surface area contributed by atoms with Crippen LogP contribution in [0.3, 0.4) is 0 Å². The molecule has 1 aromatic carbocycles. The van der Waals surface area contributed by atoms with Crippen molar-refractivity contribution in [3.8, 4) is 0 Å². The molecule has 0 saturated carbocycles. The summed E-state index contributed by atoms with van der Waals surface area (Å²) in [6, 6.07) is 9.67. The van der Waals surface area contributed by atoms with E-state index in [1.165, 1.54) is 11.8 Å². The number of thioether (sulfide) groups is 1. The number of anilines is 1. The average Bonchev–Trinajstić information content (AvgIpc) is 2.56. The number of carbonyl (C=O) groups excluding carboxylic acids is 1. The Morgan fingerprint density at radius 3 is 2.74 bits per heavy atom. The highest BCUT2D eigenvalue weighted by Crippen LogP contribution is 2.35. The van der Waals surface area contributed by atoms with Gasteiger partial charge in [-0.05, 0) is 12.0 Å². The molecule has 0 spiro atoms. The Morgan fingerprint density at radius 1 is 1.30 bits per heavy atom. The number of nitrogens with one attached hydrogen (secondary N) is 1. The molecule has 2 aromatic rings. The number of amides is 1. The van der Waals surface area contributed by atoms with Gasteiger partial charge >= 0.3 is 0 Å². The SMILES string of the molecule is CCCSc1nc(=O)c2c(n1C)NC(=O)C[C@@H]2c1ccccc1. The molecule has 0 unspecified atom stereocenters. The average molecular weight is 329 g/mol. The molecule has 1 amide bonds. The summed E-state index contributed by atoms with van der Waals surface area (Å²) in [5, 5.41) is 3.50.